The summed E-state index contributed by atoms with van der Waals surface area (Å²) in [6.07, 6.45) is -3.43. The molecule has 1 aliphatic rings. The zero-order chi connectivity index (χ0) is 30.4. The second kappa shape index (κ2) is 13.0. The molecule has 0 saturated carbocycles. The lowest BCUT2D eigenvalue weighted by molar-refractivity contribution is -0.274. The number of hydrogen-bond acceptors (Lipinski definition) is 5. The van der Waals surface area contributed by atoms with Crippen LogP contribution in [0.15, 0.2) is 77.1 Å². The van der Waals surface area contributed by atoms with Crippen molar-refractivity contribution < 1.29 is 27.5 Å². The fourth-order valence-corrected chi connectivity index (χ4v) is 5.24. The molecule has 13 heteroatoms. The monoisotopic (exact) mass is 600 g/mol. The van der Waals surface area contributed by atoms with Gasteiger partial charge in [-0.3, -0.25) is 20.3 Å². The maximum atomic E-state index is 14.2. The molecule has 3 aromatic carbocycles. The maximum Gasteiger partial charge on any atom is 0.573 e. The summed E-state index contributed by atoms with van der Waals surface area (Å²) in [5, 5.41) is 16.5. The summed E-state index contributed by atoms with van der Waals surface area (Å²) in [7, 11) is 0. The lowest BCUT2D eigenvalue weighted by Crippen LogP contribution is -2.34. The van der Waals surface area contributed by atoms with E-state index in [1.54, 1.807) is 59.5 Å². The fraction of sp³-hybridized carbons (Fsp3) is 0.276. The first kappa shape index (κ1) is 30.5. The number of ether oxygens (including phenoxy) is 1. The molecule has 0 spiro atoms. The van der Waals surface area contributed by atoms with Gasteiger partial charge in [-0.1, -0.05) is 65.6 Å². The van der Waals surface area contributed by atoms with Crippen LogP contribution in [-0.4, -0.2) is 29.0 Å². The minimum absolute atomic E-state index is 0.136. The van der Waals surface area contributed by atoms with E-state index in [0.29, 0.717) is 17.0 Å². The van der Waals surface area contributed by atoms with Crippen LogP contribution < -0.4 is 15.9 Å². The number of nitrogens with zero attached hydrogens (tertiary/aromatic N) is 3. The van der Waals surface area contributed by atoms with Crippen LogP contribution in [0, 0.1) is 5.41 Å². The number of nitrogens with two attached hydrogens (primary N) is 1. The first-order valence-electron chi connectivity index (χ1n) is 13.0. The van der Waals surface area contributed by atoms with Gasteiger partial charge in [0.15, 0.2) is 0 Å². The Bertz CT molecular complexity index is 1480. The number of nitrogens with one attached hydrogen (secondary N) is 2. The van der Waals surface area contributed by atoms with Gasteiger partial charge in [-0.25, -0.2) is 0 Å². The van der Waals surface area contributed by atoms with Gasteiger partial charge >= 0.3 is 6.36 Å². The van der Waals surface area contributed by atoms with Crippen molar-refractivity contribution in [3.8, 4) is 5.75 Å². The number of alkyl halides is 3. The number of carbonyl (C=O) groups excluding carboxylic acids is 2. The largest absolute Gasteiger partial charge is 0.573 e. The molecule has 2 unspecified atom stereocenters. The van der Waals surface area contributed by atoms with E-state index in [1.165, 1.54) is 12.1 Å². The van der Waals surface area contributed by atoms with Gasteiger partial charge in [0.05, 0.1) is 5.92 Å². The van der Waals surface area contributed by atoms with Gasteiger partial charge < -0.3 is 15.5 Å². The van der Waals surface area contributed by atoms with Crippen molar-refractivity contribution in [3.63, 3.8) is 0 Å². The van der Waals surface area contributed by atoms with Crippen LogP contribution in [-0.2, 0) is 17.9 Å². The molecule has 2 amide bonds. The van der Waals surface area contributed by atoms with E-state index in [-0.39, 0.29) is 36.2 Å². The highest BCUT2D eigenvalue weighted by molar-refractivity contribution is 6.30. The van der Waals surface area contributed by atoms with E-state index in [1.807, 2.05) is 6.92 Å². The Morgan fingerprint density at radius 2 is 1.69 bits per heavy atom. The number of halogens is 4. The minimum Gasteiger partial charge on any atom is -0.406 e. The van der Waals surface area contributed by atoms with Gasteiger partial charge in [0.1, 0.15) is 5.75 Å². The summed E-state index contributed by atoms with van der Waals surface area (Å²) in [6, 6.07) is 17.8. The van der Waals surface area contributed by atoms with Crippen LogP contribution in [0.1, 0.15) is 64.2 Å². The number of carbonyl (C=O) groups is 2. The van der Waals surface area contributed by atoms with Gasteiger partial charge in [-0.15, -0.1) is 13.2 Å². The molecule has 3 aromatic rings. The third-order valence-corrected chi connectivity index (χ3v) is 7.19. The van der Waals surface area contributed by atoms with Crippen LogP contribution in [0.4, 0.5) is 13.2 Å². The third kappa shape index (κ3) is 7.43. The van der Waals surface area contributed by atoms with Crippen LogP contribution in [0.2, 0.25) is 5.02 Å². The van der Waals surface area contributed by atoms with E-state index in [4.69, 9.17) is 22.9 Å². The Labute approximate surface area is 245 Å². The average molecular weight is 601 g/mol. The van der Waals surface area contributed by atoms with Gasteiger partial charge in [-0.2, -0.15) is 0 Å². The SMILES string of the molecule is CCCC(c1ccc(C(=O)NC(=N)N=NN)cc1)C(C(=O)N1Cc2ccc(OC(F)(F)F)cc2C1)c1ccc(Cl)cc1. The fourth-order valence-electron chi connectivity index (χ4n) is 5.12. The van der Waals surface area contributed by atoms with Gasteiger partial charge in [-0.05, 0) is 71.0 Å². The number of hydrogen-bond donors (Lipinski definition) is 3. The Morgan fingerprint density at radius 3 is 2.31 bits per heavy atom. The summed E-state index contributed by atoms with van der Waals surface area (Å²) in [5.41, 5.74) is 3.16. The highest BCUT2D eigenvalue weighted by Crippen LogP contribution is 2.40. The lowest BCUT2D eigenvalue weighted by Gasteiger charge is -2.31. The molecule has 42 heavy (non-hydrogen) atoms. The smallest absolute Gasteiger partial charge is 0.406 e. The first-order chi connectivity index (χ1) is 20.0. The Hall–Kier alpha value is -4.45. The normalized spacial score (nSPS) is 14.4. The van der Waals surface area contributed by atoms with Gasteiger partial charge in [0.2, 0.25) is 11.9 Å². The third-order valence-electron chi connectivity index (χ3n) is 6.93. The molecule has 4 N–H and O–H groups in total. The molecule has 2 atom stereocenters. The van der Waals surface area contributed by atoms with Crippen LogP contribution >= 0.6 is 11.6 Å². The molecule has 0 aliphatic carbocycles. The Kier molecular flexibility index (Phi) is 9.46. The zero-order valence-corrected chi connectivity index (χ0v) is 23.2. The second-order valence-corrected chi connectivity index (χ2v) is 10.2. The van der Waals surface area contributed by atoms with Gasteiger partial charge in [0.25, 0.3) is 5.91 Å². The van der Waals surface area contributed by atoms with Crippen molar-refractivity contribution in [3.05, 3.63) is 99.6 Å². The van der Waals surface area contributed by atoms with Crippen LogP contribution in [0.3, 0.4) is 0 Å². The number of fused-ring (bicyclic) bond motifs is 1. The average Bonchev–Trinajstić information content (AvgIpc) is 3.36. The summed E-state index contributed by atoms with van der Waals surface area (Å²) in [6.45, 7) is 2.38. The summed E-state index contributed by atoms with van der Waals surface area (Å²) in [5.74, 6) is 2.38. The molecular weight excluding hydrogens is 573 g/mol. The van der Waals surface area contributed by atoms with E-state index < -0.39 is 24.1 Å². The molecular formula is C29H28ClF3N6O3. The number of benzene rings is 3. The molecule has 4 rings (SSSR count). The molecule has 0 aromatic heterocycles. The molecule has 1 heterocycles. The molecule has 9 nitrogen and oxygen atoms in total. The van der Waals surface area contributed by atoms with E-state index in [9.17, 15) is 22.8 Å². The quantitative estimate of drug-likeness (QED) is 0.0902. The summed E-state index contributed by atoms with van der Waals surface area (Å²) >= 11 is 6.15. The van der Waals surface area contributed by atoms with Crippen LogP contribution in [0.5, 0.6) is 5.75 Å². The van der Waals surface area contributed by atoms with Crippen molar-refractivity contribution in [2.45, 2.75) is 51.1 Å². The summed E-state index contributed by atoms with van der Waals surface area (Å²) in [4.78, 5) is 28.3. The highest BCUT2D eigenvalue weighted by atomic mass is 35.5. The zero-order valence-electron chi connectivity index (χ0n) is 22.5. The van der Waals surface area contributed by atoms with Gasteiger partial charge in [0, 0.05) is 23.7 Å². The molecule has 1 aliphatic heterocycles. The molecule has 0 bridgehead atoms. The summed E-state index contributed by atoms with van der Waals surface area (Å²) < 4.78 is 42.3. The topological polar surface area (TPSA) is 133 Å². The van der Waals surface area contributed by atoms with Crippen molar-refractivity contribution >= 4 is 29.4 Å². The number of rotatable bonds is 8. The lowest BCUT2D eigenvalue weighted by atomic mass is 9.77. The van der Waals surface area contributed by atoms with Crippen molar-refractivity contribution in [1.82, 2.24) is 10.2 Å². The molecule has 0 fully saturated rings. The standard InChI is InChI=1S/C29H28ClF3N6O3/c1-2-3-24(17-4-6-19(7-5-17)26(40)36-28(34)37-38-35)25(18-8-11-22(30)12-9-18)27(41)39-15-20-10-13-23(14-21(20)16-39)42-29(31,32)33/h4-14,24-25H,2-3,15-16H2,1H3,(H4,34,35,36,37,40). The predicted molar refractivity (Wildman–Crippen MR) is 150 cm³/mol. The van der Waals surface area contributed by atoms with Crippen molar-refractivity contribution in [2.75, 3.05) is 0 Å². The maximum absolute atomic E-state index is 14.2. The highest BCUT2D eigenvalue weighted by Gasteiger charge is 2.37. The Morgan fingerprint density at radius 1 is 1.05 bits per heavy atom. The van der Waals surface area contributed by atoms with Crippen molar-refractivity contribution in [2.24, 2.45) is 16.2 Å². The predicted octanol–water partition coefficient (Wildman–Crippen LogP) is 6.44. The van der Waals surface area contributed by atoms with Crippen LogP contribution in [0.25, 0.3) is 0 Å². The van der Waals surface area contributed by atoms with E-state index >= 15 is 0 Å². The first-order valence-corrected chi connectivity index (χ1v) is 13.4. The molecule has 0 saturated heterocycles. The van der Waals surface area contributed by atoms with E-state index in [2.05, 4.69) is 20.4 Å². The molecule has 0 radical (unpaired) electrons. The molecule has 220 valence electrons. The van der Waals surface area contributed by atoms with E-state index in [0.717, 1.165) is 23.1 Å². The second-order valence-electron chi connectivity index (χ2n) is 9.74. The van der Waals surface area contributed by atoms with Crippen molar-refractivity contribution in [1.29, 1.82) is 5.41 Å². The number of amides is 2. The Balaban J connectivity index is 1.64. The number of guanidine groups is 1. The minimum atomic E-state index is -4.82.